The zero-order valence-corrected chi connectivity index (χ0v) is 11.5. The Labute approximate surface area is 111 Å². The molecular formula is C13H18N2O2S. The largest absolute Gasteiger partial charge is 0.384 e. The highest BCUT2D eigenvalue weighted by Crippen LogP contribution is 2.17. The van der Waals surface area contributed by atoms with Gasteiger partial charge in [0.2, 0.25) is 5.91 Å². The molecule has 0 saturated carbocycles. The van der Waals surface area contributed by atoms with Crippen molar-refractivity contribution in [2.24, 2.45) is 5.73 Å². The first kappa shape index (κ1) is 14.7. The Morgan fingerprint density at radius 2 is 2.39 bits per heavy atom. The summed E-state index contributed by atoms with van der Waals surface area (Å²) >= 11 is 1.62. The number of hydrogen-bond donors (Lipinski definition) is 2. The first-order valence-corrected chi connectivity index (χ1v) is 6.56. The van der Waals surface area contributed by atoms with Crippen molar-refractivity contribution in [1.29, 1.82) is 0 Å². The lowest BCUT2D eigenvalue weighted by molar-refractivity contribution is -0.119. The number of amides is 1. The van der Waals surface area contributed by atoms with E-state index in [1.54, 1.807) is 11.3 Å². The number of nitrogens with two attached hydrogens (primary N) is 1. The minimum Gasteiger partial charge on any atom is -0.384 e. The van der Waals surface area contributed by atoms with Gasteiger partial charge in [0.15, 0.2) is 0 Å². The highest BCUT2D eigenvalue weighted by Gasteiger charge is 2.12. The van der Waals surface area contributed by atoms with E-state index in [-0.39, 0.29) is 18.6 Å². The van der Waals surface area contributed by atoms with E-state index < -0.39 is 0 Å². The molecule has 0 aromatic carbocycles. The van der Waals surface area contributed by atoms with Crippen LogP contribution in [0.2, 0.25) is 0 Å². The number of aliphatic hydroxyl groups excluding tert-OH is 1. The molecule has 0 aliphatic rings. The van der Waals surface area contributed by atoms with E-state index in [2.05, 4.69) is 16.7 Å². The van der Waals surface area contributed by atoms with E-state index in [9.17, 15) is 4.79 Å². The molecule has 0 radical (unpaired) electrons. The minimum atomic E-state index is -0.282. The van der Waals surface area contributed by atoms with Crippen molar-refractivity contribution in [2.45, 2.75) is 25.9 Å². The summed E-state index contributed by atoms with van der Waals surface area (Å²) in [7, 11) is 1.96. The zero-order chi connectivity index (χ0) is 13.5. The highest BCUT2D eigenvalue weighted by atomic mass is 32.1. The van der Waals surface area contributed by atoms with Crippen LogP contribution in [0.5, 0.6) is 0 Å². The summed E-state index contributed by atoms with van der Waals surface area (Å²) in [6.45, 7) is 2.62. The first-order chi connectivity index (χ1) is 8.52. The van der Waals surface area contributed by atoms with Crippen LogP contribution in [-0.4, -0.2) is 35.6 Å². The predicted molar refractivity (Wildman–Crippen MR) is 73.0 cm³/mol. The van der Waals surface area contributed by atoms with Gasteiger partial charge < -0.3 is 10.8 Å². The van der Waals surface area contributed by atoms with E-state index in [1.165, 1.54) is 4.88 Å². The summed E-state index contributed by atoms with van der Waals surface area (Å²) in [6.07, 6.45) is 0.360. The molecule has 1 aromatic rings. The van der Waals surface area contributed by atoms with E-state index >= 15 is 0 Å². The van der Waals surface area contributed by atoms with Crippen LogP contribution in [0.25, 0.3) is 0 Å². The molecule has 1 rings (SSSR count). The Bertz CT molecular complexity index is 459. The second-order valence-electron chi connectivity index (χ2n) is 4.20. The predicted octanol–water partition coefficient (Wildman–Crippen LogP) is 0.788. The number of hydrogen-bond acceptors (Lipinski definition) is 4. The molecule has 1 aromatic heterocycles. The van der Waals surface area contributed by atoms with E-state index in [4.69, 9.17) is 10.8 Å². The van der Waals surface area contributed by atoms with E-state index in [0.717, 1.165) is 12.1 Å². The van der Waals surface area contributed by atoms with Crippen molar-refractivity contribution in [2.75, 3.05) is 13.7 Å². The summed E-state index contributed by atoms with van der Waals surface area (Å²) in [4.78, 5) is 14.1. The van der Waals surface area contributed by atoms with Crippen molar-refractivity contribution in [3.8, 4) is 11.8 Å². The summed E-state index contributed by atoms with van der Waals surface area (Å²) in [5.41, 5.74) is 6.10. The molecular weight excluding hydrogens is 248 g/mol. The monoisotopic (exact) mass is 266 g/mol. The Morgan fingerprint density at radius 1 is 1.67 bits per heavy atom. The van der Waals surface area contributed by atoms with E-state index in [0.29, 0.717) is 6.42 Å². The smallest absolute Gasteiger partial charge is 0.218 e. The normalized spacial score (nSPS) is 12.0. The lowest BCUT2D eigenvalue weighted by Crippen LogP contribution is -2.32. The zero-order valence-electron chi connectivity index (χ0n) is 10.6. The van der Waals surface area contributed by atoms with Crippen molar-refractivity contribution < 1.29 is 9.90 Å². The third-order valence-electron chi connectivity index (χ3n) is 2.62. The molecule has 0 saturated heterocycles. The lowest BCUT2D eigenvalue weighted by atomic mass is 10.2. The Balaban J connectivity index is 2.56. The SMILES string of the molecule is CC(CC(N)=O)N(C)Cc1cc(C#CCO)cs1. The van der Waals surface area contributed by atoms with Gasteiger partial charge in [-0.25, -0.2) is 0 Å². The molecule has 3 N–H and O–H groups in total. The number of aliphatic hydroxyl groups is 1. The second kappa shape index (κ2) is 7.17. The third-order valence-corrected chi connectivity index (χ3v) is 3.54. The fourth-order valence-electron chi connectivity index (χ4n) is 1.52. The quantitative estimate of drug-likeness (QED) is 0.774. The topological polar surface area (TPSA) is 66.6 Å². The number of rotatable bonds is 5. The van der Waals surface area contributed by atoms with Gasteiger partial charge in [0.25, 0.3) is 0 Å². The van der Waals surface area contributed by atoms with Gasteiger partial charge in [-0.2, -0.15) is 0 Å². The van der Waals surface area contributed by atoms with Gasteiger partial charge >= 0.3 is 0 Å². The number of primary amides is 1. The molecule has 1 heterocycles. The standard InChI is InChI=1S/C13H18N2O2S/c1-10(6-13(14)17)15(2)8-12-7-11(9-18-12)4-3-5-16/h7,9-10,16H,5-6,8H2,1-2H3,(H2,14,17). The highest BCUT2D eigenvalue weighted by molar-refractivity contribution is 7.10. The van der Waals surface area contributed by atoms with Gasteiger partial charge in [-0.1, -0.05) is 11.8 Å². The molecule has 98 valence electrons. The molecule has 0 aliphatic carbocycles. The Morgan fingerprint density at radius 3 is 3.00 bits per heavy atom. The number of carbonyl (C=O) groups is 1. The molecule has 4 nitrogen and oxygen atoms in total. The molecule has 1 unspecified atom stereocenters. The maximum Gasteiger partial charge on any atom is 0.218 e. The lowest BCUT2D eigenvalue weighted by Gasteiger charge is -2.22. The van der Waals surface area contributed by atoms with Crippen LogP contribution in [0.3, 0.4) is 0 Å². The summed E-state index contributed by atoms with van der Waals surface area (Å²) in [6, 6.07) is 2.12. The molecule has 1 amide bonds. The minimum absolute atomic E-state index is 0.122. The summed E-state index contributed by atoms with van der Waals surface area (Å²) in [5, 5.41) is 10.6. The van der Waals surface area contributed by atoms with Crippen LogP contribution in [-0.2, 0) is 11.3 Å². The number of thiophene rings is 1. The Kier molecular flexibility index (Phi) is 5.86. The van der Waals surface area contributed by atoms with Crippen molar-refractivity contribution in [3.63, 3.8) is 0 Å². The van der Waals surface area contributed by atoms with Gasteiger partial charge in [-0.3, -0.25) is 9.69 Å². The summed E-state index contributed by atoms with van der Waals surface area (Å²) < 4.78 is 0. The molecule has 0 aliphatic heterocycles. The molecule has 18 heavy (non-hydrogen) atoms. The molecule has 0 bridgehead atoms. The van der Waals surface area contributed by atoms with Crippen LogP contribution in [0.1, 0.15) is 23.8 Å². The van der Waals surface area contributed by atoms with Crippen LogP contribution < -0.4 is 5.73 Å². The van der Waals surface area contributed by atoms with Crippen LogP contribution in [0.15, 0.2) is 11.4 Å². The van der Waals surface area contributed by atoms with Crippen molar-refractivity contribution in [1.82, 2.24) is 4.90 Å². The number of carbonyl (C=O) groups excluding carboxylic acids is 1. The van der Waals surface area contributed by atoms with Crippen LogP contribution >= 0.6 is 11.3 Å². The fraction of sp³-hybridized carbons (Fsp3) is 0.462. The van der Waals surface area contributed by atoms with Gasteiger partial charge in [-0.15, -0.1) is 11.3 Å². The Hall–Kier alpha value is -1.35. The van der Waals surface area contributed by atoms with E-state index in [1.807, 2.05) is 25.4 Å². The second-order valence-corrected chi connectivity index (χ2v) is 5.19. The maximum atomic E-state index is 10.8. The molecule has 0 fully saturated rings. The van der Waals surface area contributed by atoms with Crippen LogP contribution in [0, 0.1) is 11.8 Å². The average molecular weight is 266 g/mol. The van der Waals surface area contributed by atoms with Gasteiger partial charge in [0.05, 0.1) is 0 Å². The molecule has 0 spiro atoms. The van der Waals surface area contributed by atoms with Gasteiger partial charge in [0.1, 0.15) is 6.61 Å². The van der Waals surface area contributed by atoms with Gasteiger partial charge in [-0.05, 0) is 20.0 Å². The molecule has 5 heteroatoms. The van der Waals surface area contributed by atoms with Crippen LogP contribution in [0.4, 0.5) is 0 Å². The van der Waals surface area contributed by atoms with Crippen molar-refractivity contribution in [3.05, 3.63) is 21.9 Å². The van der Waals surface area contributed by atoms with Gasteiger partial charge in [0, 0.05) is 34.8 Å². The molecule has 1 atom stereocenters. The third kappa shape index (κ3) is 4.88. The maximum absolute atomic E-state index is 10.8. The average Bonchev–Trinajstić information content (AvgIpc) is 2.73. The number of nitrogens with zero attached hydrogens (tertiary/aromatic N) is 1. The first-order valence-electron chi connectivity index (χ1n) is 5.68. The fourth-order valence-corrected chi connectivity index (χ4v) is 2.40. The van der Waals surface area contributed by atoms with Crippen molar-refractivity contribution >= 4 is 17.2 Å². The summed E-state index contributed by atoms with van der Waals surface area (Å²) in [5.74, 6) is 5.20.